The summed E-state index contributed by atoms with van der Waals surface area (Å²) in [5.74, 6) is -2.06. The van der Waals surface area contributed by atoms with Gasteiger partial charge in [-0.3, -0.25) is 9.59 Å². The molecule has 2 N–H and O–H groups in total. The number of carboxylic acid groups (broad SMARTS) is 1. The highest BCUT2D eigenvalue weighted by molar-refractivity contribution is 5.85. The average Bonchev–Trinajstić information content (AvgIpc) is 2.48. The SMILES string of the molecule is O=C(O)[C@H]1CC=CC[C@H]1C(=O)NCCC1CCCCO1. The van der Waals surface area contributed by atoms with Crippen LogP contribution in [0.3, 0.4) is 0 Å². The van der Waals surface area contributed by atoms with Gasteiger partial charge in [-0.15, -0.1) is 0 Å². The number of ether oxygens (including phenoxy) is 1. The third-order valence-electron chi connectivity index (χ3n) is 4.13. The summed E-state index contributed by atoms with van der Waals surface area (Å²) in [4.78, 5) is 23.3. The number of rotatable bonds is 5. The highest BCUT2D eigenvalue weighted by Gasteiger charge is 2.33. The first-order valence-corrected chi connectivity index (χ1v) is 7.45. The minimum atomic E-state index is -0.884. The van der Waals surface area contributed by atoms with Gasteiger partial charge < -0.3 is 15.2 Å². The molecule has 1 unspecified atom stereocenters. The predicted octanol–water partition coefficient (Wildman–Crippen LogP) is 1.73. The van der Waals surface area contributed by atoms with Crippen LogP contribution < -0.4 is 5.32 Å². The van der Waals surface area contributed by atoms with E-state index in [4.69, 9.17) is 9.84 Å². The zero-order chi connectivity index (χ0) is 14.4. The van der Waals surface area contributed by atoms with E-state index in [1.165, 1.54) is 6.42 Å². The van der Waals surface area contributed by atoms with Crippen LogP contribution >= 0.6 is 0 Å². The van der Waals surface area contributed by atoms with Gasteiger partial charge in [0.1, 0.15) is 0 Å². The largest absolute Gasteiger partial charge is 0.481 e. The molecule has 0 aromatic heterocycles. The van der Waals surface area contributed by atoms with Gasteiger partial charge in [-0.2, -0.15) is 0 Å². The summed E-state index contributed by atoms with van der Waals surface area (Å²) < 4.78 is 5.61. The van der Waals surface area contributed by atoms with Gasteiger partial charge in [0.05, 0.1) is 17.9 Å². The van der Waals surface area contributed by atoms with Crippen molar-refractivity contribution in [1.29, 1.82) is 0 Å². The maximum atomic E-state index is 12.1. The summed E-state index contributed by atoms with van der Waals surface area (Å²) in [5, 5.41) is 12.0. The minimum Gasteiger partial charge on any atom is -0.481 e. The Bertz CT molecular complexity index is 374. The second-order valence-electron chi connectivity index (χ2n) is 5.56. The molecule has 1 saturated heterocycles. The van der Waals surface area contributed by atoms with Gasteiger partial charge in [-0.25, -0.2) is 0 Å². The van der Waals surface area contributed by atoms with E-state index in [1.54, 1.807) is 0 Å². The van der Waals surface area contributed by atoms with Gasteiger partial charge in [0, 0.05) is 13.2 Å². The Kier molecular flexibility index (Phi) is 5.59. The molecule has 3 atom stereocenters. The number of hydrogen-bond donors (Lipinski definition) is 2. The topological polar surface area (TPSA) is 75.6 Å². The van der Waals surface area contributed by atoms with Crippen LogP contribution in [0.15, 0.2) is 12.2 Å². The van der Waals surface area contributed by atoms with Gasteiger partial charge in [-0.1, -0.05) is 12.2 Å². The van der Waals surface area contributed by atoms with Crippen molar-refractivity contribution in [2.75, 3.05) is 13.2 Å². The molecule has 0 aromatic rings. The number of hydrogen-bond acceptors (Lipinski definition) is 3. The van der Waals surface area contributed by atoms with E-state index in [1.807, 2.05) is 12.2 Å². The summed E-state index contributed by atoms with van der Waals surface area (Å²) in [6, 6.07) is 0. The Morgan fingerprint density at radius 2 is 1.95 bits per heavy atom. The first kappa shape index (κ1) is 15.0. The molecule has 0 saturated carbocycles. The number of nitrogens with one attached hydrogen (secondary N) is 1. The Morgan fingerprint density at radius 1 is 1.20 bits per heavy atom. The van der Waals surface area contributed by atoms with E-state index in [9.17, 15) is 9.59 Å². The molecule has 0 aromatic carbocycles. The van der Waals surface area contributed by atoms with Crippen molar-refractivity contribution in [2.45, 2.75) is 44.6 Å². The molecular formula is C15H23NO4. The molecule has 5 heteroatoms. The molecule has 0 spiro atoms. The van der Waals surface area contributed by atoms with Gasteiger partial charge in [-0.05, 0) is 38.5 Å². The standard InChI is InChI=1S/C15H23NO4/c17-14(12-6-1-2-7-13(12)15(18)19)16-9-8-11-5-3-4-10-20-11/h1-2,11-13H,3-10H2,(H,16,17)(H,18,19)/t11?,12-,13+/m1/s1. The number of aliphatic carboxylic acids is 1. The van der Waals surface area contributed by atoms with E-state index < -0.39 is 17.8 Å². The average molecular weight is 281 g/mol. The summed E-state index contributed by atoms with van der Waals surface area (Å²) in [7, 11) is 0. The first-order chi connectivity index (χ1) is 9.68. The second-order valence-corrected chi connectivity index (χ2v) is 5.56. The van der Waals surface area contributed by atoms with Crippen molar-refractivity contribution in [3.05, 3.63) is 12.2 Å². The van der Waals surface area contributed by atoms with Crippen LogP contribution in [0.25, 0.3) is 0 Å². The molecule has 2 rings (SSSR count). The van der Waals surface area contributed by atoms with Crippen molar-refractivity contribution in [3.63, 3.8) is 0 Å². The summed E-state index contributed by atoms with van der Waals surface area (Å²) in [6.45, 7) is 1.38. The fraction of sp³-hybridized carbons (Fsp3) is 0.733. The van der Waals surface area contributed by atoms with Crippen molar-refractivity contribution in [2.24, 2.45) is 11.8 Å². The highest BCUT2D eigenvalue weighted by atomic mass is 16.5. The smallest absolute Gasteiger partial charge is 0.307 e. The van der Waals surface area contributed by atoms with E-state index in [0.717, 1.165) is 25.9 Å². The van der Waals surface area contributed by atoms with E-state index in [2.05, 4.69) is 5.32 Å². The van der Waals surface area contributed by atoms with Gasteiger partial charge in [0.25, 0.3) is 0 Å². The van der Waals surface area contributed by atoms with Crippen LogP contribution in [0, 0.1) is 11.8 Å². The number of allylic oxidation sites excluding steroid dienone is 2. The Hall–Kier alpha value is -1.36. The molecule has 1 aliphatic heterocycles. The second kappa shape index (κ2) is 7.43. The van der Waals surface area contributed by atoms with Crippen molar-refractivity contribution in [1.82, 2.24) is 5.32 Å². The van der Waals surface area contributed by atoms with E-state index in [-0.39, 0.29) is 12.0 Å². The number of amides is 1. The molecular weight excluding hydrogens is 258 g/mol. The zero-order valence-electron chi connectivity index (χ0n) is 11.7. The molecule has 1 heterocycles. The lowest BCUT2D eigenvalue weighted by atomic mass is 9.82. The van der Waals surface area contributed by atoms with Crippen LogP contribution in [-0.4, -0.2) is 36.2 Å². The van der Waals surface area contributed by atoms with E-state index >= 15 is 0 Å². The number of carboxylic acids is 1. The maximum absolute atomic E-state index is 12.1. The Balaban J connectivity index is 1.75. The molecule has 20 heavy (non-hydrogen) atoms. The lowest BCUT2D eigenvalue weighted by Gasteiger charge is -2.25. The van der Waals surface area contributed by atoms with Gasteiger partial charge in [0.2, 0.25) is 5.91 Å². The highest BCUT2D eigenvalue weighted by Crippen LogP contribution is 2.26. The molecule has 112 valence electrons. The summed E-state index contributed by atoms with van der Waals surface area (Å²) >= 11 is 0. The number of carbonyl (C=O) groups is 2. The normalized spacial score (nSPS) is 29.9. The molecule has 2 aliphatic rings. The van der Waals surface area contributed by atoms with Gasteiger partial charge in [0.15, 0.2) is 0 Å². The first-order valence-electron chi connectivity index (χ1n) is 7.45. The zero-order valence-corrected chi connectivity index (χ0v) is 11.7. The van der Waals surface area contributed by atoms with Crippen LogP contribution in [0.1, 0.15) is 38.5 Å². The Labute approximate surface area is 119 Å². The third kappa shape index (κ3) is 4.07. The maximum Gasteiger partial charge on any atom is 0.307 e. The predicted molar refractivity (Wildman–Crippen MR) is 74.2 cm³/mol. The fourth-order valence-corrected chi connectivity index (χ4v) is 2.90. The molecule has 1 aliphatic carbocycles. The van der Waals surface area contributed by atoms with Crippen LogP contribution in [0.4, 0.5) is 0 Å². The monoisotopic (exact) mass is 281 g/mol. The van der Waals surface area contributed by atoms with Crippen LogP contribution in [0.5, 0.6) is 0 Å². The van der Waals surface area contributed by atoms with Crippen molar-refractivity contribution >= 4 is 11.9 Å². The molecule has 5 nitrogen and oxygen atoms in total. The van der Waals surface area contributed by atoms with Crippen molar-refractivity contribution in [3.8, 4) is 0 Å². The number of carbonyl (C=O) groups excluding carboxylic acids is 1. The summed E-state index contributed by atoms with van der Waals surface area (Å²) in [6.07, 6.45) is 9.12. The molecule has 0 bridgehead atoms. The minimum absolute atomic E-state index is 0.141. The van der Waals surface area contributed by atoms with Crippen LogP contribution in [0.2, 0.25) is 0 Å². The lowest BCUT2D eigenvalue weighted by molar-refractivity contribution is -0.147. The lowest BCUT2D eigenvalue weighted by Crippen LogP contribution is -2.40. The quantitative estimate of drug-likeness (QED) is 0.752. The van der Waals surface area contributed by atoms with Crippen molar-refractivity contribution < 1.29 is 19.4 Å². The van der Waals surface area contributed by atoms with Gasteiger partial charge >= 0.3 is 5.97 Å². The molecule has 1 amide bonds. The third-order valence-corrected chi connectivity index (χ3v) is 4.13. The van der Waals surface area contributed by atoms with Crippen LogP contribution in [-0.2, 0) is 14.3 Å². The Morgan fingerprint density at radius 3 is 2.60 bits per heavy atom. The molecule has 1 fully saturated rings. The van der Waals surface area contributed by atoms with E-state index in [0.29, 0.717) is 19.4 Å². The molecule has 0 radical (unpaired) electrons. The fourth-order valence-electron chi connectivity index (χ4n) is 2.90. The summed E-state index contributed by atoms with van der Waals surface area (Å²) in [5.41, 5.74) is 0.